The van der Waals surface area contributed by atoms with Gasteiger partial charge < -0.3 is 15.0 Å². The average Bonchev–Trinajstić information content (AvgIpc) is 2.68. The molecule has 0 aromatic heterocycles. The molecule has 26 heavy (non-hydrogen) atoms. The Morgan fingerprint density at radius 2 is 1.62 bits per heavy atom. The normalized spacial score (nSPS) is 10.4. The molecule has 0 aliphatic heterocycles. The maximum atomic E-state index is 12.3. The van der Waals surface area contributed by atoms with Gasteiger partial charge in [-0.25, -0.2) is 0 Å². The van der Waals surface area contributed by atoms with Crippen molar-refractivity contribution in [1.82, 2.24) is 4.90 Å². The number of ether oxygens (including phenoxy) is 1. The number of nitrogens with zero attached hydrogens (tertiary/aromatic N) is 1. The fraction of sp³-hybridized carbons (Fsp3) is 0.409. The summed E-state index contributed by atoms with van der Waals surface area (Å²) in [6.07, 6.45) is 2.86. The summed E-state index contributed by atoms with van der Waals surface area (Å²) in [5.74, 6) is 0.994. The molecule has 4 heteroatoms. The van der Waals surface area contributed by atoms with Gasteiger partial charge in [0.15, 0.2) is 0 Å². The predicted octanol–water partition coefficient (Wildman–Crippen LogP) is 4.37. The smallest absolute Gasteiger partial charge is 0.241 e. The molecular weight excluding hydrogens is 324 g/mol. The van der Waals surface area contributed by atoms with E-state index in [0.717, 1.165) is 43.8 Å². The van der Waals surface area contributed by atoms with Gasteiger partial charge in [-0.2, -0.15) is 0 Å². The maximum Gasteiger partial charge on any atom is 0.241 e. The third-order valence-corrected chi connectivity index (χ3v) is 4.14. The largest absolute Gasteiger partial charge is 0.493 e. The Kier molecular flexibility index (Phi) is 8.53. The fourth-order valence-electron chi connectivity index (χ4n) is 2.79. The maximum absolute atomic E-state index is 12.3. The number of anilines is 1. The molecule has 140 valence electrons. The molecule has 4 nitrogen and oxygen atoms in total. The van der Waals surface area contributed by atoms with Gasteiger partial charge >= 0.3 is 0 Å². The van der Waals surface area contributed by atoms with Crippen molar-refractivity contribution in [2.24, 2.45) is 0 Å². The molecule has 2 aromatic rings. The van der Waals surface area contributed by atoms with Crippen LogP contribution in [0.4, 0.5) is 5.69 Å². The van der Waals surface area contributed by atoms with Crippen LogP contribution in [0, 0.1) is 0 Å². The minimum Gasteiger partial charge on any atom is -0.493 e. The molecule has 1 amide bonds. The van der Waals surface area contributed by atoms with Crippen LogP contribution in [0.1, 0.15) is 32.3 Å². The summed E-state index contributed by atoms with van der Waals surface area (Å²) in [6.45, 7) is 6.82. The number of hydrogen-bond acceptors (Lipinski definition) is 3. The van der Waals surface area contributed by atoms with Crippen LogP contribution >= 0.6 is 0 Å². The van der Waals surface area contributed by atoms with Gasteiger partial charge in [-0.3, -0.25) is 4.79 Å². The Bertz CT molecular complexity index is 635. The number of nitrogens with one attached hydrogen (secondary N) is 1. The lowest BCUT2D eigenvalue weighted by Crippen LogP contribution is -2.36. The molecule has 2 aromatic carbocycles. The van der Waals surface area contributed by atoms with E-state index in [-0.39, 0.29) is 5.91 Å². The van der Waals surface area contributed by atoms with Crippen molar-refractivity contribution in [3.63, 3.8) is 0 Å². The zero-order chi connectivity index (χ0) is 18.6. The lowest BCUT2D eigenvalue weighted by atomic mass is 10.2. The second kappa shape index (κ2) is 11.2. The van der Waals surface area contributed by atoms with E-state index >= 15 is 0 Å². The van der Waals surface area contributed by atoms with Gasteiger partial charge in [0.05, 0.1) is 13.2 Å². The van der Waals surface area contributed by atoms with Gasteiger partial charge in [-0.05, 0) is 42.7 Å². The van der Waals surface area contributed by atoms with E-state index in [2.05, 4.69) is 31.3 Å². The Morgan fingerprint density at radius 3 is 2.23 bits per heavy atom. The van der Waals surface area contributed by atoms with E-state index in [1.165, 1.54) is 5.56 Å². The first-order valence-electron chi connectivity index (χ1n) is 9.51. The minimum absolute atomic E-state index is 0.150. The van der Waals surface area contributed by atoms with Crippen LogP contribution in [0.15, 0.2) is 54.6 Å². The van der Waals surface area contributed by atoms with Crippen LogP contribution in [0.2, 0.25) is 0 Å². The van der Waals surface area contributed by atoms with Gasteiger partial charge in [0, 0.05) is 25.2 Å². The zero-order valence-electron chi connectivity index (χ0n) is 15.9. The van der Waals surface area contributed by atoms with Crippen molar-refractivity contribution >= 4 is 11.6 Å². The number of carbonyl (C=O) groups excluding carboxylic acids is 1. The Hall–Kier alpha value is -2.49. The summed E-state index contributed by atoms with van der Waals surface area (Å²) < 4.78 is 5.79. The van der Waals surface area contributed by atoms with Gasteiger partial charge in [0.2, 0.25) is 5.91 Å². The van der Waals surface area contributed by atoms with Gasteiger partial charge in [-0.1, -0.05) is 44.2 Å². The molecule has 0 saturated heterocycles. The first-order chi connectivity index (χ1) is 12.7. The highest BCUT2D eigenvalue weighted by Gasteiger charge is 2.11. The molecule has 0 spiro atoms. The molecule has 0 aliphatic rings. The standard InChI is InChI=1S/C22H30N2O2/c1-3-15-24(16-4-2)22(25)18-23-20-10-12-21(13-11-20)26-17-14-19-8-6-5-7-9-19/h5-13,23H,3-4,14-18H2,1-2H3. The van der Waals surface area contributed by atoms with E-state index in [1.54, 1.807) is 0 Å². The number of benzene rings is 2. The second-order valence-electron chi connectivity index (χ2n) is 6.34. The van der Waals surface area contributed by atoms with Crippen molar-refractivity contribution in [3.8, 4) is 5.75 Å². The topological polar surface area (TPSA) is 41.6 Å². The molecule has 0 bridgehead atoms. The molecule has 0 unspecified atom stereocenters. The Labute approximate surface area is 157 Å². The summed E-state index contributed by atoms with van der Waals surface area (Å²) in [5.41, 5.74) is 2.20. The highest BCUT2D eigenvalue weighted by atomic mass is 16.5. The summed E-state index contributed by atoms with van der Waals surface area (Å²) in [4.78, 5) is 14.2. The zero-order valence-corrected chi connectivity index (χ0v) is 15.9. The lowest BCUT2D eigenvalue weighted by molar-refractivity contribution is -0.129. The molecule has 0 fully saturated rings. The minimum atomic E-state index is 0.150. The van der Waals surface area contributed by atoms with Gasteiger partial charge in [0.1, 0.15) is 5.75 Å². The molecule has 0 aliphatic carbocycles. The van der Waals surface area contributed by atoms with E-state index in [0.29, 0.717) is 13.2 Å². The van der Waals surface area contributed by atoms with Crippen LogP contribution < -0.4 is 10.1 Å². The van der Waals surface area contributed by atoms with E-state index in [9.17, 15) is 4.79 Å². The highest BCUT2D eigenvalue weighted by Crippen LogP contribution is 2.16. The number of rotatable bonds is 11. The monoisotopic (exact) mass is 354 g/mol. The number of hydrogen-bond donors (Lipinski definition) is 1. The van der Waals surface area contributed by atoms with Crippen LogP contribution in [0.25, 0.3) is 0 Å². The number of amides is 1. The molecule has 1 N–H and O–H groups in total. The Morgan fingerprint density at radius 1 is 0.962 bits per heavy atom. The van der Waals surface area contributed by atoms with Crippen molar-refractivity contribution in [3.05, 3.63) is 60.2 Å². The van der Waals surface area contributed by atoms with Crippen molar-refractivity contribution in [2.45, 2.75) is 33.1 Å². The van der Waals surface area contributed by atoms with Crippen LogP contribution in [0.5, 0.6) is 5.75 Å². The quantitative estimate of drug-likeness (QED) is 0.651. The molecular formula is C22H30N2O2. The third-order valence-electron chi connectivity index (χ3n) is 4.14. The SMILES string of the molecule is CCCN(CCC)C(=O)CNc1ccc(OCCc2ccccc2)cc1. The molecule has 0 atom stereocenters. The first-order valence-corrected chi connectivity index (χ1v) is 9.51. The van der Waals surface area contributed by atoms with Gasteiger partial charge in [-0.15, -0.1) is 0 Å². The Balaban J connectivity index is 1.75. The van der Waals surface area contributed by atoms with Crippen LogP contribution in [-0.4, -0.2) is 37.0 Å². The van der Waals surface area contributed by atoms with E-state index < -0.39 is 0 Å². The second-order valence-corrected chi connectivity index (χ2v) is 6.34. The first kappa shape index (κ1) is 19.8. The van der Waals surface area contributed by atoms with E-state index in [4.69, 9.17) is 4.74 Å². The summed E-state index contributed by atoms with van der Waals surface area (Å²) in [5, 5.41) is 3.20. The summed E-state index contributed by atoms with van der Waals surface area (Å²) in [6, 6.07) is 18.1. The molecule has 0 saturated carbocycles. The predicted molar refractivity (Wildman–Crippen MR) is 108 cm³/mol. The average molecular weight is 354 g/mol. The van der Waals surface area contributed by atoms with Crippen molar-refractivity contribution < 1.29 is 9.53 Å². The molecule has 2 rings (SSSR count). The van der Waals surface area contributed by atoms with Crippen LogP contribution in [-0.2, 0) is 11.2 Å². The molecule has 0 radical (unpaired) electrons. The van der Waals surface area contributed by atoms with Crippen LogP contribution in [0.3, 0.4) is 0 Å². The lowest BCUT2D eigenvalue weighted by Gasteiger charge is -2.21. The molecule has 0 heterocycles. The van der Waals surface area contributed by atoms with E-state index in [1.807, 2.05) is 47.4 Å². The number of carbonyl (C=O) groups is 1. The van der Waals surface area contributed by atoms with Gasteiger partial charge in [0.25, 0.3) is 0 Å². The van der Waals surface area contributed by atoms with Crippen molar-refractivity contribution in [1.29, 1.82) is 0 Å². The fourth-order valence-corrected chi connectivity index (χ4v) is 2.79. The summed E-state index contributed by atoms with van der Waals surface area (Å²) in [7, 11) is 0. The third kappa shape index (κ3) is 6.79. The highest BCUT2D eigenvalue weighted by molar-refractivity contribution is 5.80. The van der Waals surface area contributed by atoms with Crippen molar-refractivity contribution in [2.75, 3.05) is 31.6 Å². The summed E-state index contributed by atoms with van der Waals surface area (Å²) >= 11 is 0.